The highest BCUT2D eigenvalue weighted by molar-refractivity contribution is 7.98. The number of aliphatic carboxylic acids is 5. The Labute approximate surface area is 572 Å². The number of aromatic hydroxyl groups is 1. The number of carbonyl (C=O) groups excluding carboxylic acids is 9. The van der Waals surface area contributed by atoms with E-state index in [1.54, 1.807) is 76.8 Å². The standard InChI is InChI=1S/C64H86N14O20S/c1-38(68-61(95)45(16-17-53(82)83)69-52(81)34-75-19-21-76(35-55(86)87)23-25-78(37-57(90)91)26-24-77(22-20-75)36-56(88)89)59(93)73-48(29-40-12-14-42(79)15-13-40)60(94)67-33-51(80)70-49(30-41-32-66-44-11-7-6-10-43(41)44)63(97)71-46(18-27-99-2)62(96)74-50(31-54(84)85)64(98)72-47(58(65)92)28-39-8-4-3-5-9-39/h3-15,32,38,45-50,66,79H,16-31,33-37H2,1-2H3,(H2,65,92)(H,67,94)(H,68,95)(H,69,81)(H,70,80)(H,71,97)(H,72,98)(H,73,93)(H,74,96)(H,82,83)(H,84,85)(H,86,87)(H,88,89)(H,90,91)/t38-,45+,46-,47-,48-,49-,50-/m0/s1. The molecule has 9 amide bonds. The number of H-pyrrole nitrogens is 1. The zero-order valence-electron chi connectivity index (χ0n) is 54.6. The number of phenolic OH excluding ortho intramolecular Hbond substituents is 1. The second-order valence-corrected chi connectivity index (χ2v) is 24.5. The minimum absolute atomic E-state index is 0.0306. The normalized spacial score (nSPS) is 15.6. The van der Waals surface area contributed by atoms with E-state index in [9.17, 15) is 97.8 Å². The van der Waals surface area contributed by atoms with Gasteiger partial charge in [-0.15, -0.1) is 0 Å². The van der Waals surface area contributed by atoms with E-state index in [4.69, 9.17) is 5.73 Å². The first kappa shape index (κ1) is 79.5. The molecule has 1 aromatic heterocycles. The van der Waals surface area contributed by atoms with E-state index in [0.717, 1.165) is 0 Å². The number of aromatic nitrogens is 1. The summed E-state index contributed by atoms with van der Waals surface area (Å²) in [5.41, 5.74) is 7.80. The summed E-state index contributed by atoms with van der Waals surface area (Å²) in [6.45, 7) is -0.744. The van der Waals surface area contributed by atoms with Crippen molar-refractivity contribution in [1.82, 2.24) is 67.1 Å². The van der Waals surface area contributed by atoms with E-state index in [2.05, 4.69) is 47.5 Å². The number of carbonyl (C=O) groups is 14. The number of amides is 9. The molecule has 0 saturated carbocycles. The summed E-state index contributed by atoms with van der Waals surface area (Å²) in [6.07, 6.45) is 0.634. The van der Waals surface area contributed by atoms with E-state index >= 15 is 0 Å². The van der Waals surface area contributed by atoms with Gasteiger partial charge in [-0.25, -0.2) is 0 Å². The van der Waals surface area contributed by atoms with E-state index in [1.165, 1.54) is 52.8 Å². The number of carboxylic acid groups (broad SMARTS) is 5. The second kappa shape index (κ2) is 40.5. The van der Waals surface area contributed by atoms with Crippen molar-refractivity contribution >= 4 is 106 Å². The summed E-state index contributed by atoms with van der Waals surface area (Å²) in [7, 11) is 0. The van der Waals surface area contributed by atoms with Gasteiger partial charge in [0.1, 0.15) is 48.0 Å². The van der Waals surface area contributed by atoms with Crippen molar-refractivity contribution in [2.24, 2.45) is 5.73 Å². The third-order valence-corrected chi connectivity index (χ3v) is 16.4. The number of rotatable bonds is 38. The molecule has 1 aliphatic heterocycles. The van der Waals surface area contributed by atoms with Gasteiger partial charge in [0, 0.05) is 95.1 Å². The van der Waals surface area contributed by atoms with Gasteiger partial charge in [0.05, 0.1) is 39.1 Å². The minimum atomic E-state index is -1.77. The first-order chi connectivity index (χ1) is 47.0. The second-order valence-electron chi connectivity index (χ2n) is 23.6. The van der Waals surface area contributed by atoms with Gasteiger partial charge in [0.2, 0.25) is 53.2 Å². The number of carboxylic acids is 5. The molecule has 538 valence electrons. The first-order valence-corrected chi connectivity index (χ1v) is 33.0. The number of benzene rings is 3. The largest absolute Gasteiger partial charge is 0.508 e. The molecule has 4 aromatic rings. The number of hydrogen-bond acceptors (Lipinski definition) is 20. The Balaban J connectivity index is 1.31. The highest BCUT2D eigenvalue weighted by Gasteiger charge is 2.35. The lowest BCUT2D eigenvalue weighted by Gasteiger charge is -2.33. The maximum absolute atomic E-state index is 14.5. The predicted molar refractivity (Wildman–Crippen MR) is 356 cm³/mol. The number of thioether (sulfide) groups is 1. The van der Waals surface area contributed by atoms with Gasteiger partial charge in [0.25, 0.3) is 0 Å². The summed E-state index contributed by atoms with van der Waals surface area (Å²) in [5.74, 6) is -14.9. The maximum Gasteiger partial charge on any atom is 0.317 e. The molecule has 0 spiro atoms. The molecule has 99 heavy (non-hydrogen) atoms. The molecule has 0 radical (unpaired) electrons. The molecule has 7 atom stereocenters. The Morgan fingerprint density at radius 3 is 1.47 bits per heavy atom. The average Bonchev–Trinajstić information content (AvgIpc) is 1.72. The maximum atomic E-state index is 14.5. The average molecular weight is 1400 g/mol. The fourth-order valence-corrected chi connectivity index (χ4v) is 11.0. The molecule has 1 fully saturated rings. The number of fused-ring (bicyclic) bond motifs is 1. The number of aromatic amines is 1. The Kier molecular flexibility index (Phi) is 32.5. The quantitative estimate of drug-likeness (QED) is 0.0207. The van der Waals surface area contributed by atoms with Crippen LogP contribution in [0.15, 0.2) is 85.1 Å². The van der Waals surface area contributed by atoms with Crippen LogP contribution in [0.5, 0.6) is 5.75 Å². The molecular formula is C64H86N14O20S. The molecule has 2 heterocycles. The summed E-state index contributed by atoms with van der Waals surface area (Å²) in [4.78, 5) is 193. The summed E-state index contributed by atoms with van der Waals surface area (Å²) in [5, 5.41) is 78.8. The van der Waals surface area contributed by atoms with Crippen molar-refractivity contribution in [2.75, 3.05) is 97.1 Å². The minimum Gasteiger partial charge on any atom is -0.508 e. The predicted octanol–water partition coefficient (Wildman–Crippen LogP) is -3.52. The zero-order valence-corrected chi connectivity index (χ0v) is 55.5. The highest BCUT2D eigenvalue weighted by Crippen LogP contribution is 2.20. The fraction of sp³-hybridized carbons (Fsp3) is 0.469. The SMILES string of the molecule is CSCC[C@H](NC(=O)[C@H](Cc1c[nH]c2ccccc12)NC(=O)CNC(=O)[C@H](Cc1ccc(O)cc1)NC(=O)[C@H](C)NC(=O)[C@@H](CCC(=O)O)NC(=O)CN1CCN(CC(=O)O)CCN(CC(=O)O)CCN(CC(=O)O)CC1)C(=O)N[C@@H](CC(=O)O)C(=O)N[C@@H](Cc1ccccc1)C(N)=O. The summed E-state index contributed by atoms with van der Waals surface area (Å²) >= 11 is 1.29. The molecule has 3 aromatic carbocycles. The van der Waals surface area contributed by atoms with Crippen LogP contribution in [0.25, 0.3) is 10.9 Å². The molecule has 1 saturated heterocycles. The Bertz CT molecular complexity index is 3440. The molecule has 5 rings (SSSR count). The number of nitrogens with one attached hydrogen (secondary N) is 9. The Hall–Kier alpha value is -10.2. The van der Waals surface area contributed by atoms with Crippen LogP contribution in [-0.4, -0.2) is 278 Å². The first-order valence-electron chi connectivity index (χ1n) is 31.6. The fourth-order valence-electron chi connectivity index (χ4n) is 10.6. The van der Waals surface area contributed by atoms with E-state index in [1.807, 2.05) is 0 Å². The van der Waals surface area contributed by atoms with Crippen molar-refractivity contribution in [3.8, 4) is 5.75 Å². The topological polar surface area (TPSA) is 511 Å². The van der Waals surface area contributed by atoms with Gasteiger partial charge in [-0.05, 0) is 66.7 Å². The monoisotopic (exact) mass is 1400 g/mol. The number of primary amides is 1. The number of phenols is 1. The van der Waals surface area contributed by atoms with Crippen molar-refractivity contribution in [2.45, 2.75) is 94.2 Å². The van der Waals surface area contributed by atoms with E-state index < -0.39 is 171 Å². The lowest BCUT2D eigenvalue weighted by Crippen LogP contribution is -2.59. The number of nitrogens with two attached hydrogens (primary N) is 1. The van der Waals surface area contributed by atoms with Crippen molar-refractivity contribution < 1.29 is 97.8 Å². The van der Waals surface area contributed by atoms with Crippen LogP contribution in [0.3, 0.4) is 0 Å². The van der Waals surface area contributed by atoms with Gasteiger partial charge in [-0.3, -0.25) is 86.7 Å². The summed E-state index contributed by atoms with van der Waals surface area (Å²) < 4.78 is 0. The van der Waals surface area contributed by atoms with Crippen molar-refractivity contribution in [1.29, 1.82) is 0 Å². The number of hydrogen-bond donors (Lipinski definition) is 16. The molecule has 0 aliphatic carbocycles. The van der Waals surface area contributed by atoms with Gasteiger partial charge in [-0.1, -0.05) is 60.7 Å². The van der Waals surface area contributed by atoms with Crippen LogP contribution in [0.1, 0.15) is 49.3 Å². The molecule has 1 aliphatic rings. The third kappa shape index (κ3) is 28.8. The van der Waals surface area contributed by atoms with Crippen molar-refractivity contribution in [3.05, 3.63) is 102 Å². The molecule has 17 N–H and O–H groups in total. The molecular weight excluding hydrogens is 1320 g/mol. The van der Waals surface area contributed by atoms with Crippen LogP contribution in [0, 0.1) is 0 Å². The van der Waals surface area contributed by atoms with Gasteiger partial charge in [0.15, 0.2) is 0 Å². The zero-order chi connectivity index (χ0) is 72.7. The van der Waals surface area contributed by atoms with E-state index in [0.29, 0.717) is 27.6 Å². The smallest absolute Gasteiger partial charge is 0.317 e. The van der Waals surface area contributed by atoms with Crippen molar-refractivity contribution in [3.63, 3.8) is 0 Å². The van der Waals surface area contributed by atoms with Crippen LogP contribution in [0.4, 0.5) is 0 Å². The third-order valence-electron chi connectivity index (χ3n) is 15.8. The number of nitrogens with zero attached hydrogens (tertiary/aromatic N) is 4. The van der Waals surface area contributed by atoms with Gasteiger partial charge >= 0.3 is 29.8 Å². The van der Waals surface area contributed by atoms with Crippen LogP contribution >= 0.6 is 11.8 Å². The molecule has 0 bridgehead atoms. The highest BCUT2D eigenvalue weighted by atomic mass is 32.2. The number of para-hydroxylation sites is 1. The Morgan fingerprint density at radius 1 is 0.475 bits per heavy atom. The summed E-state index contributed by atoms with van der Waals surface area (Å²) in [6, 6.07) is 10.4. The van der Waals surface area contributed by atoms with Crippen LogP contribution in [-0.2, 0) is 86.4 Å². The van der Waals surface area contributed by atoms with Crippen LogP contribution < -0.4 is 48.3 Å². The van der Waals surface area contributed by atoms with Gasteiger partial charge < -0.3 is 83.9 Å². The molecule has 35 heteroatoms. The lowest BCUT2D eigenvalue weighted by atomic mass is 10.0. The molecule has 34 nitrogen and oxygen atoms in total. The molecule has 0 unspecified atom stereocenters. The Morgan fingerprint density at radius 2 is 0.929 bits per heavy atom. The lowest BCUT2D eigenvalue weighted by molar-refractivity contribution is -0.141. The van der Waals surface area contributed by atoms with E-state index in [-0.39, 0.29) is 96.1 Å². The van der Waals surface area contributed by atoms with Crippen LogP contribution in [0.2, 0.25) is 0 Å². The van der Waals surface area contributed by atoms with Gasteiger partial charge in [-0.2, -0.15) is 11.8 Å².